The number of nitrogens with one attached hydrogen (secondary N) is 1. The number of hydrogen-bond donors (Lipinski definition) is 1. The van der Waals surface area contributed by atoms with Crippen molar-refractivity contribution < 1.29 is 18.0 Å². The first-order valence-corrected chi connectivity index (χ1v) is 15.2. The smallest absolute Gasteiger partial charge is 0.264 e. The molecule has 202 valence electrons. The second-order valence-corrected chi connectivity index (χ2v) is 13.0. The average molecular weight is 665 g/mol. The standard InChI is InChI=1S/C28H31Br2N3O4S/c1-20(2)17-31-28(35)21(3)32(18-22-8-7-9-24(30)16-22)27(34)19-33(25-14-12-23(29)13-15-25)38(36,37)26-10-5-4-6-11-26/h4-16,20-21H,17-19H2,1-3H3,(H,31,35). The van der Waals surface area contributed by atoms with E-state index in [0.717, 1.165) is 18.8 Å². The van der Waals surface area contributed by atoms with Gasteiger partial charge in [0.2, 0.25) is 11.8 Å². The molecule has 0 aromatic heterocycles. The monoisotopic (exact) mass is 663 g/mol. The van der Waals surface area contributed by atoms with E-state index in [4.69, 9.17) is 0 Å². The Bertz CT molecular complexity index is 1350. The third-order valence-corrected chi connectivity index (χ3v) is 8.63. The van der Waals surface area contributed by atoms with E-state index in [0.29, 0.717) is 12.2 Å². The van der Waals surface area contributed by atoms with E-state index in [1.165, 1.54) is 17.0 Å². The predicted octanol–water partition coefficient (Wildman–Crippen LogP) is 5.60. The van der Waals surface area contributed by atoms with Crippen LogP contribution in [0.2, 0.25) is 0 Å². The molecule has 0 aliphatic carbocycles. The van der Waals surface area contributed by atoms with Gasteiger partial charge < -0.3 is 10.2 Å². The first kappa shape index (κ1) is 29.9. The zero-order valence-corrected chi connectivity index (χ0v) is 25.5. The summed E-state index contributed by atoms with van der Waals surface area (Å²) in [5.41, 5.74) is 1.14. The van der Waals surface area contributed by atoms with Crippen LogP contribution >= 0.6 is 31.9 Å². The molecule has 3 aromatic rings. The van der Waals surface area contributed by atoms with E-state index >= 15 is 0 Å². The number of nitrogens with zero attached hydrogens (tertiary/aromatic N) is 2. The molecule has 10 heteroatoms. The lowest BCUT2D eigenvalue weighted by Gasteiger charge is -2.32. The second-order valence-electron chi connectivity index (χ2n) is 9.27. The number of anilines is 1. The Balaban J connectivity index is 1.99. The fourth-order valence-corrected chi connectivity index (χ4v) is 5.87. The highest BCUT2D eigenvalue weighted by Crippen LogP contribution is 2.26. The van der Waals surface area contributed by atoms with E-state index in [1.54, 1.807) is 49.4 Å². The fourth-order valence-electron chi connectivity index (χ4n) is 3.72. The van der Waals surface area contributed by atoms with Gasteiger partial charge in [-0.1, -0.05) is 76.0 Å². The number of carbonyl (C=O) groups is 2. The molecule has 0 saturated heterocycles. The quantitative estimate of drug-likeness (QED) is 0.289. The second kappa shape index (κ2) is 13.4. The lowest BCUT2D eigenvalue weighted by molar-refractivity contribution is -0.139. The number of hydrogen-bond acceptors (Lipinski definition) is 4. The van der Waals surface area contributed by atoms with Crippen molar-refractivity contribution in [1.29, 1.82) is 0 Å². The van der Waals surface area contributed by atoms with Crippen LogP contribution in [0.3, 0.4) is 0 Å². The van der Waals surface area contributed by atoms with Crippen LogP contribution in [0.1, 0.15) is 26.3 Å². The van der Waals surface area contributed by atoms with Crippen LogP contribution in [-0.2, 0) is 26.2 Å². The first-order valence-electron chi connectivity index (χ1n) is 12.1. The van der Waals surface area contributed by atoms with Crippen molar-refractivity contribution in [2.45, 2.75) is 38.3 Å². The van der Waals surface area contributed by atoms with Gasteiger partial charge in [0.25, 0.3) is 10.0 Å². The van der Waals surface area contributed by atoms with Crippen LogP contribution in [0.25, 0.3) is 0 Å². The Morgan fingerprint density at radius 3 is 2.13 bits per heavy atom. The first-order chi connectivity index (χ1) is 18.0. The van der Waals surface area contributed by atoms with Gasteiger partial charge in [-0.25, -0.2) is 8.42 Å². The van der Waals surface area contributed by atoms with E-state index in [-0.39, 0.29) is 23.3 Å². The Kier molecular flexibility index (Phi) is 10.5. The molecule has 0 spiro atoms. The van der Waals surface area contributed by atoms with Crippen molar-refractivity contribution in [2.24, 2.45) is 5.92 Å². The summed E-state index contributed by atoms with van der Waals surface area (Å²) in [5, 5.41) is 2.88. The summed E-state index contributed by atoms with van der Waals surface area (Å²) in [4.78, 5) is 28.4. The molecule has 0 aliphatic heterocycles. The van der Waals surface area contributed by atoms with Crippen molar-refractivity contribution in [3.63, 3.8) is 0 Å². The molecular weight excluding hydrogens is 634 g/mol. The van der Waals surface area contributed by atoms with Crippen LogP contribution in [-0.4, -0.2) is 44.3 Å². The zero-order chi connectivity index (χ0) is 27.9. The maximum absolute atomic E-state index is 13.9. The highest BCUT2D eigenvalue weighted by molar-refractivity contribution is 9.10. The molecule has 7 nitrogen and oxygen atoms in total. The Morgan fingerprint density at radius 1 is 0.868 bits per heavy atom. The summed E-state index contributed by atoms with van der Waals surface area (Å²) in [5.74, 6) is -0.563. The van der Waals surface area contributed by atoms with Crippen LogP contribution < -0.4 is 9.62 Å². The fraction of sp³-hybridized carbons (Fsp3) is 0.286. The summed E-state index contributed by atoms with van der Waals surface area (Å²) in [7, 11) is -4.08. The van der Waals surface area contributed by atoms with E-state index in [2.05, 4.69) is 37.2 Å². The van der Waals surface area contributed by atoms with Gasteiger partial charge >= 0.3 is 0 Å². The Hall–Kier alpha value is -2.69. The molecule has 38 heavy (non-hydrogen) atoms. The van der Waals surface area contributed by atoms with Gasteiger partial charge in [0.15, 0.2) is 0 Å². The minimum atomic E-state index is -4.08. The highest BCUT2D eigenvalue weighted by Gasteiger charge is 2.32. The molecule has 0 saturated carbocycles. The largest absolute Gasteiger partial charge is 0.354 e. The molecule has 2 amide bonds. The third kappa shape index (κ3) is 7.91. The van der Waals surface area contributed by atoms with Gasteiger partial charge in [-0.05, 0) is 66.9 Å². The van der Waals surface area contributed by atoms with Crippen molar-refractivity contribution in [2.75, 3.05) is 17.4 Å². The lowest BCUT2D eigenvalue weighted by atomic mass is 10.1. The molecule has 0 heterocycles. The van der Waals surface area contributed by atoms with Gasteiger partial charge in [0.1, 0.15) is 12.6 Å². The van der Waals surface area contributed by atoms with Crippen LogP contribution in [0.5, 0.6) is 0 Å². The number of halogens is 2. The zero-order valence-electron chi connectivity index (χ0n) is 21.5. The van der Waals surface area contributed by atoms with Crippen molar-refractivity contribution in [1.82, 2.24) is 10.2 Å². The van der Waals surface area contributed by atoms with Crippen molar-refractivity contribution in [3.8, 4) is 0 Å². The number of amides is 2. The SMILES string of the molecule is CC(C)CNC(=O)C(C)N(Cc1cccc(Br)c1)C(=O)CN(c1ccc(Br)cc1)S(=O)(=O)c1ccccc1. The van der Waals surface area contributed by atoms with Gasteiger partial charge in [-0.3, -0.25) is 13.9 Å². The van der Waals surface area contributed by atoms with Crippen molar-refractivity contribution in [3.05, 3.63) is 93.4 Å². The molecule has 1 N–H and O–H groups in total. The Labute approximate surface area is 241 Å². The number of carbonyl (C=O) groups excluding carboxylic acids is 2. The normalized spacial score (nSPS) is 12.2. The molecule has 1 atom stereocenters. The van der Waals surface area contributed by atoms with Gasteiger partial charge in [-0.15, -0.1) is 0 Å². The number of rotatable bonds is 11. The van der Waals surface area contributed by atoms with Crippen LogP contribution in [0, 0.1) is 5.92 Å². The highest BCUT2D eigenvalue weighted by atomic mass is 79.9. The summed E-state index contributed by atoms with van der Waals surface area (Å²) in [6.45, 7) is 5.75. The summed E-state index contributed by atoms with van der Waals surface area (Å²) >= 11 is 6.83. The van der Waals surface area contributed by atoms with Crippen LogP contribution in [0.4, 0.5) is 5.69 Å². The molecule has 0 aliphatic rings. The maximum Gasteiger partial charge on any atom is 0.264 e. The minimum Gasteiger partial charge on any atom is -0.354 e. The molecule has 0 fully saturated rings. The van der Waals surface area contributed by atoms with Crippen molar-refractivity contribution >= 4 is 59.4 Å². The molecule has 0 radical (unpaired) electrons. The van der Waals surface area contributed by atoms with Gasteiger partial charge in [-0.2, -0.15) is 0 Å². The molecule has 1 unspecified atom stereocenters. The molecule has 3 aromatic carbocycles. The van der Waals surface area contributed by atoms with Gasteiger partial charge in [0, 0.05) is 22.0 Å². The summed E-state index contributed by atoms with van der Waals surface area (Å²) in [6, 6.07) is 21.3. The van der Waals surface area contributed by atoms with Crippen LogP contribution in [0.15, 0.2) is 92.7 Å². The summed E-state index contributed by atoms with van der Waals surface area (Å²) in [6.07, 6.45) is 0. The average Bonchev–Trinajstić information content (AvgIpc) is 2.89. The maximum atomic E-state index is 13.9. The van der Waals surface area contributed by atoms with E-state index < -0.39 is 28.5 Å². The lowest BCUT2D eigenvalue weighted by Crippen LogP contribution is -2.51. The van der Waals surface area contributed by atoms with E-state index in [9.17, 15) is 18.0 Å². The number of sulfonamides is 1. The molecular formula is C28H31Br2N3O4S. The topological polar surface area (TPSA) is 86.8 Å². The minimum absolute atomic E-state index is 0.0667. The molecule has 3 rings (SSSR count). The predicted molar refractivity (Wildman–Crippen MR) is 157 cm³/mol. The van der Waals surface area contributed by atoms with Gasteiger partial charge in [0.05, 0.1) is 10.6 Å². The summed E-state index contributed by atoms with van der Waals surface area (Å²) < 4.78 is 30.1. The third-order valence-electron chi connectivity index (χ3n) is 5.82. The Morgan fingerprint density at radius 2 is 1.53 bits per heavy atom. The molecule has 0 bridgehead atoms. The van der Waals surface area contributed by atoms with E-state index in [1.807, 2.05) is 38.1 Å². The number of benzene rings is 3.